The van der Waals surface area contributed by atoms with Gasteiger partial charge in [-0.05, 0) is 0 Å². The molecule has 0 radical (unpaired) electrons. The molecular weight excluding hydrogens is 140 g/mol. The van der Waals surface area contributed by atoms with Gasteiger partial charge in [0.2, 0.25) is 5.82 Å². The standard InChI is InChI=1S/C7H4N4/c8-1-7-10-3-5-2-9-4-6(5)11-7/h2-3H,4H2. The van der Waals surface area contributed by atoms with Gasteiger partial charge in [0, 0.05) is 18.0 Å². The third-order valence-electron chi connectivity index (χ3n) is 1.47. The molecule has 0 unspecified atom stereocenters. The number of fused-ring (bicyclic) bond motifs is 1. The molecule has 11 heavy (non-hydrogen) atoms. The first-order valence-corrected chi connectivity index (χ1v) is 3.16. The van der Waals surface area contributed by atoms with Crippen LogP contribution in [-0.2, 0) is 6.54 Å². The van der Waals surface area contributed by atoms with Crippen LogP contribution in [-0.4, -0.2) is 16.2 Å². The van der Waals surface area contributed by atoms with Crippen LogP contribution in [0.3, 0.4) is 0 Å². The van der Waals surface area contributed by atoms with E-state index in [1.165, 1.54) is 0 Å². The first-order chi connectivity index (χ1) is 5.40. The molecule has 0 atom stereocenters. The van der Waals surface area contributed by atoms with Gasteiger partial charge in [0.15, 0.2) is 0 Å². The lowest BCUT2D eigenvalue weighted by Crippen LogP contribution is -1.95. The van der Waals surface area contributed by atoms with Crippen molar-refractivity contribution in [1.29, 1.82) is 5.26 Å². The van der Waals surface area contributed by atoms with Gasteiger partial charge >= 0.3 is 0 Å². The van der Waals surface area contributed by atoms with Crippen molar-refractivity contribution in [2.75, 3.05) is 0 Å². The largest absolute Gasteiger partial charge is 0.286 e. The molecule has 0 N–H and O–H groups in total. The maximum absolute atomic E-state index is 8.45. The smallest absolute Gasteiger partial charge is 0.232 e. The maximum Gasteiger partial charge on any atom is 0.232 e. The Morgan fingerprint density at radius 3 is 3.27 bits per heavy atom. The number of hydrogen-bond donors (Lipinski definition) is 0. The van der Waals surface area contributed by atoms with Gasteiger partial charge in [-0.2, -0.15) is 5.26 Å². The summed E-state index contributed by atoms with van der Waals surface area (Å²) in [5.74, 6) is 0.217. The fraction of sp³-hybridized carbons (Fsp3) is 0.143. The predicted octanol–water partition coefficient (Wildman–Crippen LogP) is 0.281. The molecule has 1 aromatic rings. The molecule has 0 spiro atoms. The van der Waals surface area contributed by atoms with Crippen molar-refractivity contribution in [1.82, 2.24) is 9.97 Å². The molecule has 2 rings (SSSR count). The number of aromatic nitrogens is 2. The molecule has 0 aliphatic carbocycles. The summed E-state index contributed by atoms with van der Waals surface area (Å²) in [6.07, 6.45) is 3.34. The minimum Gasteiger partial charge on any atom is -0.286 e. The van der Waals surface area contributed by atoms with Gasteiger partial charge in [0.1, 0.15) is 6.07 Å². The normalized spacial score (nSPS) is 12.6. The van der Waals surface area contributed by atoms with Crippen LogP contribution in [0, 0.1) is 11.3 Å². The van der Waals surface area contributed by atoms with Gasteiger partial charge in [0.05, 0.1) is 12.2 Å². The second-order valence-corrected chi connectivity index (χ2v) is 2.18. The fourth-order valence-corrected chi connectivity index (χ4v) is 0.945. The molecule has 1 aromatic heterocycles. The first kappa shape index (κ1) is 5.98. The topological polar surface area (TPSA) is 61.9 Å². The van der Waals surface area contributed by atoms with Gasteiger partial charge in [-0.15, -0.1) is 0 Å². The Bertz CT molecular complexity index is 361. The minimum atomic E-state index is 0.217. The molecule has 0 aromatic carbocycles. The van der Waals surface area contributed by atoms with E-state index in [0.29, 0.717) is 6.54 Å². The van der Waals surface area contributed by atoms with E-state index < -0.39 is 0 Å². The van der Waals surface area contributed by atoms with Crippen LogP contribution in [0.15, 0.2) is 11.2 Å². The van der Waals surface area contributed by atoms with Gasteiger partial charge in [0.25, 0.3) is 0 Å². The van der Waals surface area contributed by atoms with Gasteiger partial charge < -0.3 is 0 Å². The van der Waals surface area contributed by atoms with Gasteiger partial charge in [-0.25, -0.2) is 9.97 Å². The summed E-state index contributed by atoms with van der Waals surface area (Å²) in [6, 6.07) is 1.88. The van der Waals surface area contributed by atoms with E-state index in [2.05, 4.69) is 15.0 Å². The summed E-state index contributed by atoms with van der Waals surface area (Å²) in [5, 5.41) is 8.45. The van der Waals surface area contributed by atoms with Crippen LogP contribution in [0.2, 0.25) is 0 Å². The van der Waals surface area contributed by atoms with Crippen LogP contribution in [0.25, 0.3) is 0 Å². The molecule has 0 fully saturated rings. The number of hydrogen-bond acceptors (Lipinski definition) is 4. The number of aliphatic imine (C=N–C) groups is 1. The Labute approximate surface area is 63.2 Å². The highest BCUT2D eigenvalue weighted by molar-refractivity contribution is 5.82. The second kappa shape index (κ2) is 2.13. The molecule has 4 heteroatoms. The Morgan fingerprint density at radius 2 is 2.45 bits per heavy atom. The summed E-state index contributed by atoms with van der Waals surface area (Å²) >= 11 is 0. The number of rotatable bonds is 0. The molecule has 2 heterocycles. The third kappa shape index (κ3) is 0.867. The lowest BCUT2D eigenvalue weighted by Gasteiger charge is -1.93. The molecule has 1 aliphatic heterocycles. The first-order valence-electron chi connectivity index (χ1n) is 3.16. The molecule has 4 nitrogen and oxygen atoms in total. The summed E-state index contributed by atoms with van der Waals surface area (Å²) in [7, 11) is 0. The van der Waals surface area contributed by atoms with E-state index in [4.69, 9.17) is 5.26 Å². The zero-order valence-electron chi connectivity index (χ0n) is 5.65. The van der Waals surface area contributed by atoms with Crippen LogP contribution < -0.4 is 0 Å². The van der Waals surface area contributed by atoms with Crippen molar-refractivity contribution in [3.8, 4) is 6.07 Å². The number of nitriles is 1. The summed E-state index contributed by atoms with van der Waals surface area (Å²) in [4.78, 5) is 11.8. The van der Waals surface area contributed by atoms with Crippen LogP contribution >= 0.6 is 0 Å². The molecule has 0 saturated heterocycles. The summed E-state index contributed by atoms with van der Waals surface area (Å²) in [6.45, 7) is 0.576. The van der Waals surface area contributed by atoms with Crippen LogP contribution in [0.4, 0.5) is 0 Å². The maximum atomic E-state index is 8.45. The average molecular weight is 144 g/mol. The van der Waals surface area contributed by atoms with Crippen molar-refractivity contribution >= 4 is 6.21 Å². The van der Waals surface area contributed by atoms with Crippen molar-refractivity contribution in [2.45, 2.75) is 6.54 Å². The Balaban J connectivity index is 2.56. The quantitative estimate of drug-likeness (QED) is 0.525. The zero-order chi connectivity index (χ0) is 7.68. The zero-order valence-corrected chi connectivity index (χ0v) is 5.65. The lowest BCUT2D eigenvalue weighted by molar-refractivity contribution is 0.975. The van der Waals surface area contributed by atoms with Crippen LogP contribution in [0.1, 0.15) is 17.1 Å². The van der Waals surface area contributed by atoms with Crippen molar-refractivity contribution in [3.05, 3.63) is 23.3 Å². The Hall–Kier alpha value is -1.76. The van der Waals surface area contributed by atoms with Crippen molar-refractivity contribution in [2.24, 2.45) is 4.99 Å². The van der Waals surface area contributed by atoms with Crippen molar-refractivity contribution < 1.29 is 0 Å². The molecule has 1 aliphatic rings. The summed E-state index contributed by atoms with van der Waals surface area (Å²) < 4.78 is 0. The Kier molecular flexibility index (Phi) is 1.16. The lowest BCUT2D eigenvalue weighted by atomic mass is 10.3. The minimum absolute atomic E-state index is 0.217. The van der Waals surface area contributed by atoms with Gasteiger partial charge in [-0.1, -0.05) is 0 Å². The van der Waals surface area contributed by atoms with E-state index in [1.807, 2.05) is 6.07 Å². The Morgan fingerprint density at radius 1 is 1.55 bits per heavy atom. The van der Waals surface area contributed by atoms with E-state index in [1.54, 1.807) is 12.4 Å². The molecule has 0 saturated carbocycles. The monoisotopic (exact) mass is 144 g/mol. The van der Waals surface area contributed by atoms with Gasteiger partial charge in [-0.3, -0.25) is 4.99 Å². The summed E-state index contributed by atoms with van der Waals surface area (Å²) in [5.41, 5.74) is 1.76. The van der Waals surface area contributed by atoms with E-state index >= 15 is 0 Å². The highest BCUT2D eigenvalue weighted by Crippen LogP contribution is 2.09. The highest BCUT2D eigenvalue weighted by Gasteiger charge is 2.08. The molecule has 0 amide bonds. The fourth-order valence-electron chi connectivity index (χ4n) is 0.945. The number of nitrogens with zero attached hydrogens (tertiary/aromatic N) is 4. The SMILES string of the molecule is N#Cc1ncc2c(n1)CN=C2. The van der Waals surface area contributed by atoms with Crippen LogP contribution in [0.5, 0.6) is 0 Å². The third-order valence-corrected chi connectivity index (χ3v) is 1.47. The molecule has 52 valence electrons. The van der Waals surface area contributed by atoms with Crippen molar-refractivity contribution in [3.63, 3.8) is 0 Å². The van der Waals surface area contributed by atoms with E-state index in [-0.39, 0.29) is 5.82 Å². The highest BCUT2D eigenvalue weighted by atomic mass is 14.9. The molecule has 0 bridgehead atoms. The second-order valence-electron chi connectivity index (χ2n) is 2.18. The molecular formula is C7H4N4. The van der Waals surface area contributed by atoms with E-state index in [9.17, 15) is 0 Å². The predicted molar refractivity (Wildman–Crippen MR) is 38.0 cm³/mol. The van der Waals surface area contributed by atoms with E-state index in [0.717, 1.165) is 11.3 Å². The average Bonchev–Trinajstić information content (AvgIpc) is 2.50.